The van der Waals surface area contributed by atoms with Crippen molar-refractivity contribution < 1.29 is 28.7 Å². The number of nitriles is 1. The number of aliphatic hydroxyl groups is 1. The van der Waals surface area contributed by atoms with E-state index in [0.717, 1.165) is 23.1 Å². The number of nitro benzene ring substituents is 1. The van der Waals surface area contributed by atoms with E-state index in [2.05, 4.69) is 0 Å². The van der Waals surface area contributed by atoms with Crippen LogP contribution in [0.1, 0.15) is 11.1 Å². The highest BCUT2D eigenvalue weighted by Crippen LogP contribution is 2.34. The van der Waals surface area contributed by atoms with E-state index in [1.165, 1.54) is 25.2 Å². The number of amides is 1. The third-order valence-corrected chi connectivity index (χ3v) is 4.09. The molecule has 0 radical (unpaired) electrons. The fraction of sp³-hybridized carbons (Fsp3) is 0.111. The SMILES string of the molecule is CN(Cc1cc(Cl)ccc1F)C(=O)/C(C#N)=C(\O)c1ccc(O)c([N+](=O)[O-])c1F. The number of aromatic hydroxyl groups is 1. The second-order valence-electron chi connectivity index (χ2n) is 5.78. The Morgan fingerprint density at radius 1 is 1.34 bits per heavy atom. The average molecular weight is 424 g/mol. The number of carbonyl (C=O) groups is 1. The molecule has 2 rings (SSSR count). The van der Waals surface area contributed by atoms with E-state index < -0.39 is 50.8 Å². The van der Waals surface area contributed by atoms with Crippen molar-refractivity contribution in [2.45, 2.75) is 6.54 Å². The van der Waals surface area contributed by atoms with Gasteiger partial charge in [0.1, 0.15) is 17.6 Å². The van der Waals surface area contributed by atoms with Crippen molar-refractivity contribution in [1.29, 1.82) is 5.26 Å². The van der Waals surface area contributed by atoms with Gasteiger partial charge in [0, 0.05) is 24.2 Å². The molecular formula is C18H12ClF2N3O5. The zero-order valence-electron chi connectivity index (χ0n) is 14.7. The molecule has 1 amide bonds. The summed E-state index contributed by atoms with van der Waals surface area (Å²) in [6, 6.07) is 6.56. The first-order valence-corrected chi connectivity index (χ1v) is 8.15. The number of phenols is 1. The molecule has 11 heteroatoms. The summed E-state index contributed by atoms with van der Waals surface area (Å²) in [5, 5.41) is 40.0. The number of likely N-dealkylation sites (N-methyl/N-ethyl adjacent to an activating group) is 1. The second-order valence-corrected chi connectivity index (χ2v) is 6.22. The van der Waals surface area contributed by atoms with Crippen molar-refractivity contribution >= 4 is 29.0 Å². The number of aliphatic hydroxyl groups excluding tert-OH is 1. The molecule has 0 unspecified atom stereocenters. The van der Waals surface area contributed by atoms with Crippen molar-refractivity contribution in [3.63, 3.8) is 0 Å². The Morgan fingerprint density at radius 2 is 2.00 bits per heavy atom. The van der Waals surface area contributed by atoms with Crippen LogP contribution >= 0.6 is 11.6 Å². The Labute approximate surface area is 167 Å². The summed E-state index contributed by atoms with van der Waals surface area (Å²) in [6.07, 6.45) is 0. The van der Waals surface area contributed by atoms with Gasteiger partial charge in [-0.05, 0) is 30.3 Å². The summed E-state index contributed by atoms with van der Waals surface area (Å²) in [6.45, 7) is -0.331. The van der Waals surface area contributed by atoms with Crippen molar-refractivity contribution in [2.24, 2.45) is 0 Å². The van der Waals surface area contributed by atoms with Gasteiger partial charge in [-0.3, -0.25) is 14.9 Å². The standard InChI is InChI=1S/C18H12ClF2N3O5/c1-23(8-9-6-10(19)2-4-13(9)20)18(27)12(7-22)17(26)11-3-5-14(25)16(15(11)21)24(28)29/h2-6,25-26H,8H2,1H3/b17-12-. The molecule has 0 aromatic heterocycles. The Kier molecular flexibility index (Phi) is 6.35. The van der Waals surface area contributed by atoms with E-state index in [9.17, 15) is 39.2 Å². The molecular weight excluding hydrogens is 412 g/mol. The van der Waals surface area contributed by atoms with E-state index in [4.69, 9.17) is 11.6 Å². The van der Waals surface area contributed by atoms with Gasteiger partial charge >= 0.3 is 5.69 Å². The van der Waals surface area contributed by atoms with Crippen molar-refractivity contribution in [3.8, 4) is 11.8 Å². The van der Waals surface area contributed by atoms with Crippen LogP contribution in [0.5, 0.6) is 5.75 Å². The number of carbonyl (C=O) groups excluding carboxylic acids is 1. The summed E-state index contributed by atoms with van der Waals surface area (Å²) < 4.78 is 28.2. The number of rotatable bonds is 5. The molecule has 0 aliphatic carbocycles. The van der Waals surface area contributed by atoms with E-state index in [1.807, 2.05) is 0 Å². The van der Waals surface area contributed by atoms with Gasteiger partial charge in [-0.1, -0.05) is 11.6 Å². The summed E-state index contributed by atoms with van der Waals surface area (Å²) in [5.41, 5.74) is -3.07. The van der Waals surface area contributed by atoms with Gasteiger partial charge in [0.05, 0.1) is 10.5 Å². The van der Waals surface area contributed by atoms with Crippen LogP contribution in [0, 0.1) is 33.1 Å². The maximum absolute atomic E-state index is 14.3. The van der Waals surface area contributed by atoms with Gasteiger partial charge in [-0.25, -0.2) is 4.39 Å². The molecule has 150 valence electrons. The zero-order valence-corrected chi connectivity index (χ0v) is 15.4. The number of hydrogen-bond donors (Lipinski definition) is 2. The minimum absolute atomic E-state index is 0.0246. The molecule has 0 atom stereocenters. The largest absolute Gasteiger partial charge is 0.506 e. The average Bonchev–Trinajstić information content (AvgIpc) is 2.64. The smallest absolute Gasteiger partial charge is 0.346 e. The Morgan fingerprint density at radius 3 is 2.59 bits per heavy atom. The molecule has 0 bridgehead atoms. The van der Waals surface area contributed by atoms with Crippen LogP contribution in [0.2, 0.25) is 5.02 Å². The first-order valence-electron chi connectivity index (χ1n) is 7.77. The third kappa shape index (κ3) is 4.41. The van der Waals surface area contributed by atoms with E-state index in [1.54, 1.807) is 0 Å². The van der Waals surface area contributed by atoms with Gasteiger partial charge in [0.2, 0.25) is 5.82 Å². The van der Waals surface area contributed by atoms with Crippen LogP contribution in [-0.4, -0.2) is 33.0 Å². The molecule has 8 nitrogen and oxygen atoms in total. The molecule has 0 aliphatic heterocycles. The highest BCUT2D eigenvalue weighted by atomic mass is 35.5. The van der Waals surface area contributed by atoms with E-state index in [0.29, 0.717) is 0 Å². The fourth-order valence-corrected chi connectivity index (χ4v) is 2.63. The molecule has 0 spiro atoms. The highest BCUT2D eigenvalue weighted by molar-refractivity contribution is 6.30. The van der Waals surface area contributed by atoms with Gasteiger partial charge in [0.15, 0.2) is 11.3 Å². The molecule has 0 saturated carbocycles. The monoisotopic (exact) mass is 423 g/mol. The van der Waals surface area contributed by atoms with Crippen LogP contribution in [-0.2, 0) is 11.3 Å². The second kappa shape index (κ2) is 8.53. The summed E-state index contributed by atoms with van der Waals surface area (Å²) in [5.74, 6) is -5.56. The number of halogens is 3. The fourth-order valence-electron chi connectivity index (χ4n) is 2.43. The number of nitro groups is 1. The quantitative estimate of drug-likeness (QED) is 0.248. The van der Waals surface area contributed by atoms with Gasteiger partial charge < -0.3 is 15.1 Å². The van der Waals surface area contributed by atoms with Crippen LogP contribution in [0.4, 0.5) is 14.5 Å². The van der Waals surface area contributed by atoms with Crippen molar-refractivity contribution in [2.75, 3.05) is 7.05 Å². The molecule has 0 fully saturated rings. The maximum atomic E-state index is 14.3. The third-order valence-electron chi connectivity index (χ3n) is 3.86. The molecule has 2 aromatic rings. The lowest BCUT2D eigenvalue weighted by Gasteiger charge is -2.18. The lowest BCUT2D eigenvalue weighted by Crippen LogP contribution is -2.28. The van der Waals surface area contributed by atoms with E-state index >= 15 is 0 Å². The van der Waals surface area contributed by atoms with Crippen LogP contribution in [0.25, 0.3) is 5.76 Å². The maximum Gasteiger partial charge on any atom is 0.346 e. The van der Waals surface area contributed by atoms with Gasteiger partial charge in [0.25, 0.3) is 5.91 Å². The van der Waals surface area contributed by atoms with Gasteiger partial charge in [-0.2, -0.15) is 9.65 Å². The molecule has 2 aromatic carbocycles. The molecule has 2 N–H and O–H groups in total. The number of hydrogen-bond acceptors (Lipinski definition) is 6. The summed E-state index contributed by atoms with van der Waals surface area (Å²) in [7, 11) is 1.20. The molecule has 29 heavy (non-hydrogen) atoms. The first kappa shape index (κ1) is 21.6. The minimum Gasteiger partial charge on any atom is -0.506 e. The topological polar surface area (TPSA) is 128 Å². The molecule has 0 heterocycles. The lowest BCUT2D eigenvalue weighted by atomic mass is 10.1. The summed E-state index contributed by atoms with van der Waals surface area (Å²) >= 11 is 5.78. The highest BCUT2D eigenvalue weighted by Gasteiger charge is 2.29. The number of phenolic OH excluding ortho intramolecular Hbond substituents is 1. The summed E-state index contributed by atoms with van der Waals surface area (Å²) in [4.78, 5) is 23.0. The van der Waals surface area contributed by atoms with Gasteiger partial charge in [-0.15, -0.1) is 0 Å². The lowest BCUT2D eigenvalue weighted by molar-refractivity contribution is -0.388. The minimum atomic E-state index is -1.63. The normalized spacial score (nSPS) is 11.4. The predicted molar refractivity (Wildman–Crippen MR) is 97.8 cm³/mol. The van der Waals surface area contributed by atoms with E-state index in [-0.39, 0.29) is 17.1 Å². The number of benzene rings is 2. The Hall–Kier alpha value is -3.71. The number of nitrogens with zero attached hydrogens (tertiary/aromatic N) is 3. The van der Waals surface area contributed by atoms with Crippen LogP contribution < -0.4 is 0 Å². The van der Waals surface area contributed by atoms with Crippen molar-refractivity contribution in [1.82, 2.24) is 4.90 Å². The first-order chi connectivity index (χ1) is 13.6. The zero-order chi connectivity index (χ0) is 21.9. The Balaban J connectivity index is 2.46. The van der Waals surface area contributed by atoms with Crippen LogP contribution in [0.15, 0.2) is 35.9 Å². The van der Waals surface area contributed by atoms with Crippen LogP contribution in [0.3, 0.4) is 0 Å². The molecule has 0 saturated heterocycles. The predicted octanol–water partition coefficient (Wildman–Crippen LogP) is 3.68. The van der Waals surface area contributed by atoms with Crippen molar-refractivity contribution in [3.05, 3.63) is 73.8 Å². The molecule has 0 aliphatic rings. The Bertz CT molecular complexity index is 1080.